The van der Waals surface area contributed by atoms with Crippen LogP contribution in [0.4, 0.5) is 0 Å². The third-order valence-electron chi connectivity index (χ3n) is 10.5. The summed E-state index contributed by atoms with van der Waals surface area (Å²) in [5.74, 6) is 3.23. The summed E-state index contributed by atoms with van der Waals surface area (Å²) in [7, 11) is 0. The number of aryl methyl sites for hydroxylation is 6. The molecular weight excluding hydrogens is 1220 g/mol. The van der Waals surface area contributed by atoms with Gasteiger partial charge >= 0.3 is 0 Å². The lowest BCUT2D eigenvalue weighted by molar-refractivity contribution is 0.463. The van der Waals surface area contributed by atoms with Crippen LogP contribution in [0.5, 0.6) is 0 Å². The standard InChI is InChI=1S/C18H23ClN4S.C13H12BrClN2S.C13H10Cl3NOS.C11H11N3OS/c1-5-23(6-2)17(20)14-7-8-15(16(19)10-14)11-24-18-21-12(3)9-13(4)22-18;1-8-6-9(2)17-13(16-8)18-7-10-4-3-5-11(14)12(10)15;1-7-4-8(18)5-12(17-7)19-6-9-10(14)2-3-11(15)13(9)16;1-8-6-10(15)14-11(13-8)16-7-9-4-2-3-5-12-9/h7-10,20H,5-6,11H2,1-4H3;3-6H,7H2,1-2H3;2-5H,6H2,1H3,(H,17,18);2-6H,7H2,1H3,(H,13,14,15). The van der Waals surface area contributed by atoms with Crippen molar-refractivity contribution in [2.75, 3.05) is 13.1 Å². The molecule has 0 fully saturated rings. The molecule has 404 valence electrons. The minimum atomic E-state index is -0.115. The van der Waals surface area contributed by atoms with Crippen molar-refractivity contribution >= 4 is 127 Å². The molecule has 0 aliphatic heterocycles. The molecule has 0 aliphatic carbocycles. The molecule has 0 saturated carbocycles. The number of nitrogens with one attached hydrogen (secondary N) is 3. The van der Waals surface area contributed by atoms with Gasteiger partial charge in [-0.15, -0.1) is 11.8 Å². The van der Waals surface area contributed by atoms with Crippen molar-refractivity contribution in [2.24, 2.45) is 0 Å². The van der Waals surface area contributed by atoms with Crippen molar-refractivity contribution in [1.82, 2.24) is 44.8 Å². The molecule has 77 heavy (non-hydrogen) atoms. The highest BCUT2D eigenvalue weighted by atomic mass is 79.9. The summed E-state index contributed by atoms with van der Waals surface area (Å²) >= 11 is 40.4. The van der Waals surface area contributed by atoms with Crippen LogP contribution in [0.1, 0.15) is 76.0 Å². The van der Waals surface area contributed by atoms with E-state index in [2.05, 4.69) is 69.6 Å². The van der Waals surface area contributed by atoms with E-state index in [1.165, 1.54) is 29.6 Å². The van der Waals surface area contributed by atoms with Gasteiger partial charge in [0.2, 0.25) is 0 Å². The zero-order valence-electron chi connectivity index (χ0n) is 43.4. The van der Waals surface area contributed by atoms with Crippen molar-refractivity contribution in [1.29, 1.82) is 5.41 Å². The lowest BCUT2D eigenvalue weighted by Gasteiger charge is -2.22. The number of pyridine rings is 2. The number of nitrogens with zero attached hydrogens (tertiary/aromatic N) is 7. The Hall–Kier alpha value is -4.40. The predicted molar refractivity (Wildman–Crippen MR) is 329 cm³/mol. The Morgan fingerprint density at radius 3 is 1.77 bits per heavy atom. The van der Waals surface area contributed by atoms with Crippen molar-refractivity contribution in [3.05, 3.63) is 216 Å². The molecule has 0 radical (unpaired) electrons. The first-order valence-electron chi connectivity index (χ1n) is 23.7. The summed E-state index contributed by atoms with van der Waals surface area (Å²) in [6, 6.07) is 29.4. The molecule has 0 atom stereocenters. The molecule has 0 spiro atoms. The number of H-pyrrole nitrogens is 2. The lowest BCUT2D eigenvalue weighted by atomic mass is 10.1. The van der Waals surface area contributed by atoms with Gasteiger partial charge in [0.15, 0.2) is 20.9 Å². The molecule has 0 amide bonds. The quantitative estimate of drug-likeness (QED) is 0.0292. The van der Waals surface area contributed by atoms with E-state index in [1.807, 2.05) is 106 Å². The highest BCUT2D eigenvalue weighted by Gasteiger charge is 2.13. The Bertz CT molecular complexity index is 3350. The molecule has 0 saturated heterocycles. The van der Waals surface area contributed by atoms with Crippen molar-refractivity contribution in [3.63, 3.8) is 0 Å². The average molecular weight is 1270 g/mol. The molecule has 5 aromatic heterocycles. The molecule has 5 heterocycles. The van der Waals surface area contributed by atoms with Crippen LogP contribution >= 0.6 is 121 Å². The number of aromatic amines is 2. The minimum absolute atomic E-state index is 0.0259. The van der Waals surface area contributed by atoms with Gasteiger partial charge in [-0.3, -0.25) is 20.0 Å². The van der Waals surface area contributed by atoms with Gasteiger partial charge in [0.05, 0.1) is 25.8 Å². The number of thioether (sulfide) groups is 4. The minimum Gasteiger partial charge on any atom is -0.357 e. The molecule has 3 aromatic carbocycles. The molecule has 3 N–H and O–H groups in total. The van der Waals surface area contributed by atoms with Gasteiger partial charge in [-0.1, -0.05) is 124 Å². The Balaban J connectivity index is 0.000000191. The predicted octanol–water partition coefficient (Wildman–Crippen LogP) is 16.2. The van der Waals surface area contributed by atoms with Crippen LogP contribution in [-0.4, -0.2) is 63.7 Å². The second-order valence-corrected chi connectivity index (χ2v) is 23.5. The lowest BCUT2D eigenvalue weighted by Crippen LogP contribution is -2.30. The maximum atomic E-state index is 11.4. The van der Waals surface area contributed by atoms with E-state index >= 15 is 0 Å². The number of halogens is 6. The fourth-order valence-corrected chi connectivity index (χ4v) is 12.4. The maximum absolute atomic E-state index is 11.4. The molecule has 8 aromatic rings. The number of rotatable bonds is 15. The molecule has 0 aliphatic rings. The van der Waals surface area contributed by atoms with Crippen LogP contribution in [0.15, 0.2) is 138 Å². The number of hydrogen-bond donors (Lipinski definition) is 3. The molecule has 0 bridgehead atoms. The summed E-state index contributed by atoms with van der Waals surface area (Å²) in [4.78, 5) is 56.5. The van der Waals surface area contributed by atoms with E-state index in [0.29, 0.717) is 48.3 Å². The first kappa shape index (κ1) is 63.4. The first-order valence-corrected chi connectivity index (χ1v) is 30.4. The van der Waals surface area contributed by atoms with E-state index < -0.39 is 0 Å². The highest BCUT2D eigenvalue weighted by Crippen LogP contribution is 2.36. The Kier molecular flexibility index (Phi) is 26.4. The van der Waals surface area contributed by atoms with E-state index in [0.717, 1.165) is 106 Å². The topological polar surface area (TPSA) is 170 Å². The number of benzene rings is 3. The molecule has 12 nitrogen and oxygen atoms in total. The van der Waals surface area contributed by atoms with Crippen LogP contribution in [0.2, 0.25) is 25.1 Å². The SMILES string of the molecule is CCN(CC)C(=N)c1ccc(CSc2nc(C)cc(C)n2)c(Cl)c1.Cc1cc(=O)[nH]c(SCc2ccccn2)n1.Cc1cc(=O)cc(SCc2c(Cl)ccc(Cl)c2Cl)[nH]1.Cc1cc(C)nc(SCc2cccc(Br)c2Cl)n1. The maximum Gasteiger partial charge on any atom is 0.251 e. The Morgan fingerprint density at radius 2 is 1.19 bits per heavy atom. The van der Waals surface area contributed by atoms with Crippen molar-refractivity contribution in [2.45, 2.75) is 98.9 Å². The van der Waals surface area contributed by atoms with Gasteiger partial charge in [0.1, 0.15) is 5.84 Å². The third kappa shape index (κ3) is 21.3. The van der Waals surface area contributed by atoms with Gasteiger partial charge in [-0.25, -0.2) is 24.9 Å². The van der Waals surface area contributed by atoms with Gasteiger partial charge in [-0.2, -0.15) is 0 Å². The van der Waals surface area contributed by atoms with Crippen LogP contribution in [0.3, 0.4) is 0 Å². The zero-order chi connectivity index (χ0) is 56.2. The summed E-state index contributed by atoms with van der Waals surface area (Å²) in [5.41, 5.74) is 10.0. The zero-order valence-corrected chi connectivity index (χ0v) is 52.0. The normalized spacial score (nSPS) is 10.6. The first-order chi connectivity index (χ1) is 36.7. The summed E-state index contributed by atoms with van der Waals surface area (Å²) in [5, 5.41) is 14.2. The Labute approximate surface area is 500 Å². The largest absolute Gasteiger partial charge is 0.357 e. The molecule has 8 rings (SSSR count). The molecular formula is C55H56BrCl5N10O2S4. The van der Waals surface area contributed by atoms with Crippen LogP contribution < -0.4 is 11.0 Å². The fraction of sp³-hybridized carbons (Fsp3) is 0.255. The van der Waals surface area contributed by atoms with E-state index in [-0.39, 0.29) is 11.0 Å². The van der Waals surface area contributed by atoms with Gasteiger partial charge in [-0.05, 0) is 131 Å². The van der Waals surface area contributed by atoms with Crippen molar-refractivity contribution < 1.29 is 0 Å². The van der Waals surface area contributed by atoms with Gasteiger partial charge in [0.25, 0.3) is 5.56 Å². The fourth-order valence-electron chi connectivity index (χ4n) is 6.82. The monoisotopic (exact) mass is 1270 g/mol. The van der Waals surface area contributed by atoms with Crippen LogP contribution in [0, 0.1) is 47.0 Å². The average Bonchev–Trinajstić information content (AvgIpc) is 3.37. The van der Waals surface area contributed by atoms with E-state index in [9.17, 15) is 9.59 Å². The third-order valence-corrected chi connectivity index (χ3v) is 17.0. The van der Waals surface area contributed by atoms with Gasteiger partial charge in [0, 0.05) is 120 Å². The highest BCUT2D eigenvalue weighted by molar-refractivity contribution is 9.10. The second kappa shape index (κ2) is 32.0. The Morgan fingerprint density at radius 1 is 0.584 bits per heavy atom. The molecule has 0 unspecified atom stereocenters. The summed E-state index contributed by atoms with van der Waals surface area (Å²) < 4.78 is 0.920. The second-order valence-electron chi connectivity index (χ2n) is 16.8. The van der Waals surface area contributed by atoms with E-state index in [1.54, 1.807) is 60.9 Å². The van der Waals surface area contributed by atoms with Gasteiger partial charge < -0.3 is 14.9 Å². The number of hydrogen-bond acceptors (Lipinski definition) is 13. The summed E-state index contributed by atoms with van der Waals surface area (Å²) in [6.45, 7) is 17.3. The smallest absolute Gasteiger partial charge is 0.251 e. The van der Waals surface area contributed by atoms with Crippen molar-refractivity contribution in [3.8, 4) is 0 Å². The molecule has 22 heteroatoms. The number of amidine groups is 1. The van der Waals surface area contributed by atoms with Crippen LogP contribution in [-0.2, 0) is 23.0 Å². The van der Waals surface area contributed by atoms with E-state index in [4.69, 9.17) is 63.4 Å². The summed E-state index contributed by atoms with van der Waals surface area (Å²) in [6.07, 6.45) is 1.75. The van der Waals surface area contributed by atoms with Crippen LogP contribution in [0.25, 0.3) is 0 Å². The number of aromatic nitrogens is 8.